The van der Waals surface area contributed by atoms with Crippen molar-refractivity contribution >= 4 is 17.7 Å². The number of carbonyl (C=O) groups is 2. The number of hydrogen-bond acceptors (Lipinski definition) is 2. The van der Waals surface area contributed by atoms with Gasteiger partial charge >= 0.3 is 12.0 Å². The summed E-state index contributed by atoms with van der Waals surface area (Å²) in [7, 11) is 0. The second-order valence-electron chi connectivity index (χ2n) is 4.35. The number of aryl methyl sites for hydroxylation is 1. The van der Waals surface area contributed by atoms with Crippen molar-refractivity contribution < 1.29 is 14.7 Å². The minimum atomic E-state index is -0.917. The van der Waals surface area contributed by atoms with E-state index in [4.69, 9.17) is 5.11 Å². The SMILES string of the molecule is CCc1ccc(NC(=O)NC(CC)CC(=O)O)cc1. The molecule has 1 aromatic carbocycles. The van der Waals surface area contributed by atoms with Crippen molar-refractivity contribution in [3.05, 3.63) is 29.8 Å². The van der Waals surface area contributed by atoms with E-state index in [-0.39, 0.29) is 18.5 Å². The standard InChI is InChI=1S/C14H20N2O3/c1-3-10-5-7-12(8-6-10)16-14(19)15-11(4-2)9-13(17)18/h5-8,11H,3-4,9H2,1-2H3,(H,17,18)(H2,15,16,19). The minimum absolute atomic E-state index is 0.0707. The van der Waals surface area contributed by atoms with Gasteiger partial charge in [-0.15, -0.1) is 0 Å². The number of benzene rings is 1. The summed E-state index contributed by atoms with van der Waals surface area (Å²) in [6.07, 6.45) is 1.45. The number of rotatable bonds is 6. The predicted octanol–water partition coefficient (Wildman–Crippen LogP) is 2.62. The first-order valence-corrected chi connectivity index (χ1v) is 6.43. The zero-order valence-corrected chi connectivity index (χ0v) is 11.3. The Kier molecular flexibility index (Phi) is 5.85. The maximum atomic E-state index is 11.7. The van der Waals surface area contributed by atoms with E-state index in [2.05, 4.69) is 17.6 Å². The van der Waals surface area contributed by atoms with Crippen molar-refractivity contribution in [2.75, 3.05) is 5.32 Å². The van der Waals surface area contributed by atoms with Crippen molar-refractivity contribution in [3.63, 3.8) is 0 Å². The molecule has 3 N–H and O–H groups in total. The first-order chi connectivity index (χ1) is 9.05. The summed E-state index contributed by atoms with van der Waals surface area (Å²) >= 11 is 0. The number of hydrogen-bond donors (Lipinski definition) is 3. The van der Waals surface area contributed by atoms with Crippen LogP contribution in [-0.4, -0.2) is 23.1 Å². The molecule has 0 heterocycles. The van der Waals surface area contributed by atoms with Crippen LogP contribution in [0, 0.1) is 0 Å². The Bertz CT molecular complexity index is 429. The maximum Gasteiger partial charge on any atom is 0.319 e. The highest BCUT2D eigenvalue weighted by molar-refractivity contribution is 5.89. The van der Waals surface area contributed by atoms with E-state index in [1.54, 1.807) is 0 Å². The maximum absolute atomic E-state index is 11.7. The number of anilines is 1. The van der Waals surface area contributed by atoms with Crippen LogP contribution in [0.4, 0.5) is 10.5 Å². The molecule has 0 fully saturated rings. The molecule has 5 nitrogen and oxygen atoms in total. The number of carboxylic acids is 1. The van der Waals surface area contributed by atoms with E-state index in [1.165, 1.54) is 5.56 Å². The Balaban J connectivity index is 2.51. The van der Waals surface area contributed by atoms with Crippen molar-refractivity contribution in [2.24, 2.45) is 0 Å². The van der Waals surface area contributed by atoms with Crippen molar-refractivity contribution in [1.82, 2.24) is 5.32 Å². The molecule has 0 aliphatic carbocycles. The molecule has 0 aromatic heterocycles. The highest BCUT2D eigenvalue weighted by Gasteiger charge is 2.13. The lowest BCUT2D eigenvalue weighted by atomic mass is 10.1. The molecule has 19 heavy (non-hydrogen) atoms. The van der Waals surface area contributed by atoms with Gasteiger partial charge in [0.25, 0.3) is 0 Å². The second-order valence-corrected chi connectivity index (χ2v) is 4.35. The normalized spacial score (nSPS) is 11.7. The molecular formula is C14H20N2O3. The van der Waals surface area contributed by atoms with Gasteiger partial charge in [-0.2, -0.15) is 0 Å². The zero-order chi connectivity index (χ0) is 14.3. The molecule has 1 rings (SSSR count). The van der Waals surface area contributed by atoms with E-state index in [9.17, 15) is 9.59 Å². The number of carbonyl (C=O) groups excluding carboxylic acids is 1. The van der Waals surface area contributed by atoms with Crippen LogP contribution >= 0.6 is 0 Å². The molecule has 0 bridgehead atoms. The Morgan fingerprint density at radius 1 is 1.21 bits per heavy atom. The van der Waals surface area contributed by atoms with Crippen molar-refractivity contribution in [3.8, 4) is 0 Å². The van der Waals surface area contributed by atoms with Crippen LogP contribution in [0.5, 0.6) is 0 Å². The Morgan fingerprint density at radius 3 is 2.32 bits per heavy atom. The van der Waals surface area contributed by atoms with Gasteiger partial charge in [0.1, 0.15) is 0 Å². The summed E-state index contributed by atoms with van der Waals surface area (Å²) in [5, 5.41) is 14.0. The van der Waals surface area contributed by atoms with Gasteiger partial charge in [-0.3, -0.25) is 4.79 Å². The molecule has 1 aromatic rings. The zero-order valence-electron chi connectivity index (χ0n) is 11.3. The molecule has 1 unspecified atom stereocenters. The van der Waals surface area contributed by atoms with Crippen LogP contribution in [0.3, 0.4) is 0 Å². The quantitative estimate of drug-likeness (QED) is 0.739. The summed E-state index contributed by atoms with van der Waals surface area (Å²) in [5.74, 6) is -0.917. The Morgan fingerprint density at radius 2 is 1.84 bits per heavy atom. The molecule has 5 heteroatoms. The first kappa shape index (κ1) is 15.0. The molecular weight excluding hydrogens is 244 g/mol. The highest BCUT2D eigenvalue weighted by atomic mass is 16.4. The predicted molar refractivity (Wildman–Crippen MR) is 74.3 cm³/mol. The fourth-order valence-electron chi connectivity index (χ4n) is 1.68. The van der Waals surface area contributed by atoms with Gasteiger partial charge in [0.05, 0.1) is 6.42 Å². The lowest BCUT2D eigenvalue weighted by molar-refractivity contribution is -0.137. The number of nitrogens with one attached hydrogen (secondary N) is 2. The van der Waals surface area contributed by atoms with Gasteiger partial charge in [-0.1, -0.05) is 26.0 Å². The highest BCUT2D eigenvalue weighted by Crippen LogP contribution is 2.10. The molecule has 2 amide bonds. The summed E-state index contributed by atoms with van der Waals surface area (Å²) in [6, 6.07) is 6.83. The summed E-state index contributed by atoms with van der Waals surface area (Å²) in [6.45, 7) is 3.90. The van der Waals surface area contributed by atoms with Gasteiger partial charge in [0, 0.05) is 11.7 Å². The molecule has 0 radical (unpaired) electrons. The largest absolute Gasteiger partial charge is 0.481 e. The summed E-state index contributed by atoms with van der Waals surface area (Å²) in [4.78, 5) is 22.3. The van der Waals surface area contributed by atoms with E-state index < -0.39 is 5.97 Å². The van der Waals surface area contributed by atoms with Gasteiger partial charge in [-0.25, -0.2) is 4.79 Å². The van der Waals surface area contributed by atoms with E-state index in [1.807, 2.05) is 31.2 Å². The number of aliphatic carboxylic acids is 1. The van der Waals surface area contributed by atoms with Crippen LogP contribution in [0.1, 0.15) is 32.3 Å². The summed E-state index contributed by atoms with van der Waals surface area (Å²) in [5.41, 5.74) is 1.89. The Labute approximate surface area is 113 Å². The van der Waals surface area contributed by atoms with Crippen LogP contribution < -0.4 is 10.6 Å². The lowest BCUT2D eigenvalue weighted by Crippen LogP contribution is -2.38. The van der Waals surface area contributed by atoms with Gasteiger partial charge < -0.3 is 15.7 Å². The fraction of sp³-hybridized carbons (Fsp3) is 0.429. The van der Waals surface area contributed by atoms with E-state index in [0.717, 1.165) is 6.42 Å². The van der Waals surface area contributed by atoms with Crippen LogP contribution in [-0.2, 0) is 11.2 Å². The van der Waals surface area contributed by atoms with Crippen LogP contribution in [0.15, 0.2) is 24.3 Å². The first-order valence-electron chi connectivity index (χ1n) is 6.43. The molecule has 104 valence electrons. The van der Waals surface area contributed by atoms with Crippen molar-refractivity contribution in [1.29, 1.82) is 0 Å². The van der Waals surface area contributed by atoms with Gasteiger partial charge in [-0.05, 0) is 30.5 Å². The second kappa shape index (κ2) is 7.41. The average Bonchev–Trinajstić information content (AvgIpc) is 2.38. The third-order valence-corrected chi connectivity index (χ3v) is 2.87. The smallest absolute Gasteiger partial charge is 0.319 e. The molecule has 0 aliphatic rings. The van der Waals surface area contributed by atoms with Crippen LogP contribution in [0.2, 0.25) is 0 Å². The summed E-state index contributed by atoms with van der Waals surface area (Å²) < 4.78 is 0. The number of urea groups is 1. The number of amides is 2. The van der Waals surface area contributed by atoms with E-state index in [0.29, 0.717) is 12.1 Å². The lowest BCUT2D eigenvalue weighted by Gasteiger charge is -2.15. The van der Waals surface area contributed by atoms with Gasteiger partial charge in [0.15, 0.2) is 0 Å². The monoisotopic (exact) mass is 264 g/mol. The molecule has 0 aliphatic heterocycles. The molecule has 0 saturated carbocycles. The third-order valence-electron chi connectivity index (χ3n) is 2.87. The topological polar surface area (TPSA) is 78.4 Å². The fourth-order valence-corrected chi connectivity index (χ4v) is 1.68. The van der Waals surface area contributed by atoms with Gasteiger partial charge in [0.2, 0.25) is 0 Å². The third kappa shape index (κ3) is 5.42. The van der Waals surface area contributed by atoms with Crippen LogP contribution in [0.25, 0.3) is 0 Å². The average molecular weight is 264 g/mol. The van der Waals surface area contributed by atoms with Crippen molar-refractivity contribution in [2.45, 2.75) is 39.2 Å². The molecule has 0 saturated heterocycles. The molecule has 1 atom stereocenters. The number of carboxylic acid groups (broad SMARTS) is 1. The van der Waals surface area contributed by atoms with E-state index >= 15 is 0 Å². The molecule has 0 spiro atoms. The Hall–Kier alpha value is -2.04. The minimum Gasteiger partial charge on any atom is -0.481 e.